The number of rotatable bonds is 5. The van der Waals surface area contributed by atoms with E-state index in [0.717, 1.165) is 22.0 Å². The molecule has 2 aromatic carbocycles. The molecule has 1 amide bonds. The number of nitrogens with one attached hydrogen (secondary N) is 1. The predicted octanol–water partition coefficient (Wildman–Crippen LogP) is 4.90. The third kappa shape index (κ3) is 4.85. The van der Waals surface area contributed by atoms with Crippen molar-refractivity contribution < 1.29 is 4.79 Å². The molecule has 0 aliphatic rings. The molecule has 2 nitrogen and oxygen atoms in total. The Morgan fingerprint density at radius 1 is 1.14 bits per heavy atom. The molecule has 114 valence electrons. The fourth-order valence-electron chi connectivity index (χ4n) is 2.13. The summed E-state index contributed by atoms with van der Waals surface area (Å²) in [5.41, 5.74) is 3.42. The molecule has 0 aliphatic heterocycles. The molecule has 0 fully saturated rings. The summed E-state index contributed by atoms with van der Waals surface area (Å²) >= 11 is 3.39. The largest absolute Gasteiger partial charge is 0.346 e. The normalized spacial score (nSPS) is 12.3. The van der Waals surface area contributed by atoms with Gasteiger partial charge in [0.1, 0.15) is 0 Å². The molecule has 3 heteroatoms. The van der Waals surface area contributed by atoms with Gasteiger partial charge in [-0.25, -0.2) is 0 Å². The maximum absolute atomic E-state index is 12.0. The number of aryl methyl sites for hydroxylation is 1. The Bertz CT molecular complexity index is 644. The van der Waals surface area contributed by atoms with Crippen molar-refractivity contribution in [3.63, 3.8) is 0 Å². The third-order valence-electron chi connectivity index (χ3n) is 3.54. The lowest BCUT2D eigenvalue weighted by molar-refractivity contribution is -0.117. The molecular weight excluding hydrogens is 338 g/mol. The first-order valence-electron chi connectivity index (χ1n) is 7.41. The lowest BCUT2D eigenvalue weighted by atomic mass is 10.0. The second-order valence-corrected chi connectivity index (χ2v) is 6.13. The Hall–Kier alpha value is -1.87. The van der Waals surface area contributed by atoms with Crippen molar-refractivity contribution in [2.45, 2.75) is 26.3 Å². The number of benzene rings is 2. The molecule has 1 N–H and O–H groups in total. The van der Waals surface area contributed by atoms with Gasteiger partial charge in [0.25, 0.3) is 0 Å². The minimum Gasteiger partial charge on any atom is -0.346 e. The van der Waals surface area contributed by atoms with E-state index in [1.807, 2.05) is 37.3 Å². The number of halogens is 1. The minimum absolute atomic E-state index is 0.00651. The van der Waals surface area contributed by atoms with Crippen LogP contribution in [0.4, 0.5) is 0 Å². The summed E-state index contributed by atoms with van der Waals surface area (Å²) in [5.74, 6) is -0.0880. The second kappa shape index (κ2) is 7.95. The van der Waals surface area contributed by atoms with Crippen LogP contribution in [0.5, 0.6) is 0 Å². The maximum Gasteiger partial charge on any atom is 0.244 e. The Morgan fingerprint density at radius 2 is 1.77 bits per heavy atom. The van der Waals surface area contributed by atoms with Gasteiger partial charge in [-0.15, -0.1) is 0 Å². The average molecular weight is 358 g/mol. The van der Waals surface area contributed by atoms with E-state index in [1.165, 1.54) is 5.56 Å². The quantitative estimate of drug-likeness (QED) is 0.757. The van der Waals surface area contributed by atoms with Crippen molar-refractivity contribution in [1.29, 1.82) is 0 Å². The average Bonchev–Trinajstić information content (AvgIpc) is 2.54. The van der Waals surface area contributed by atoms with Crippen LogP contribution in [0.25, 0.3) is 6.08 Å². The molecule has 0 saturated heterocycles. The summed E-state index contributed by atoms with van der Waals surface area (Å²) in [6.45, 7) is 4.12. The van der Waals surface area contributed by atoms with E-state index in [2.05, 4.69) is 52.4 Å². The lowest BCUT2D eigenvalue weighted by Gasteiger charge is -2.13. The van der Waals surface area contributed by atoms with Crippen LogP contribution in [0.1, 0.15) is 36.6 Å². The molecule has 0 unspecified atom stereocenters. The van der Waals surface area contributed by atoms with Gasteiger partial charge in [0.05, 0.1) is 6.04 Å². The second-order valence-electron chi connectivity index (χ2n) is 5.21. The van der Waals surface area contributed by atoms with Crippen LogP contribution in [-0.4, -0.2) is 5.91 Å². The highest BCUT2D eigenvalue weighted by atomic mass is 79.9. The summed E-state index contributed by atoms with van der Waals surface area (Å²) < 4.78 is 1.03. The Labute approximate surface area is 140 Å². The number of hydrogen-bond donors (Lipinski definition) is 1. The van der Waals surface area contributed by atoms with Gasteiger partial charge in [-0.3, -0.25) is 4.79 Å². The molecule has 2 aromatic rings. The predicted molar refractivity (Wildman–Crippen MR) is 95.6 cm³/mol. The van der Waals surface area contributed by atoms with Crippen molar-refractivity contribution >= 4 is 27.9 Å². The zero-order valence-electron chi connectivity index (χ0n) is 12.8. The Kier molecular flexibility index (Phi) is 5.96. The summed E-state index contributed by atoms with van der Waals surface area (Å²) in [7, 11) is 0. The maximum atomic E-state index is 12.0. The van der Waals surface area contributed by atoms with E-state index in [1.54, 1.807) is 6.08 Å². The van der Waals surface area contributed by atoms with Gasteiger partial charge in [-0.2, -0.15) is 0 Å². The van der Waals surface area contributed by atoms with Crippen molar-refractivity contribution in [3.8, 4) is 0 Å². The van der Waals surface area contributed by atoms with Crippen molar-refractivity contribution in [2.24, 2.45) is 0 Å². The van der Waals surface area contributed by atoms with Crippen LogP contribution < -0.4 is 5.32 Å². The fourth-order valence-corrected chi connectivity index (χ4v) is 2.40. The molecule has 0 heterocycles. The Balaban J connectivity index is 1.94. The summed E-state index contributed by atoms with van der Waals surface area (Å²) in [5, 5.41) is 2.98. The van der Waals surface area contributed by atoms with Crippen LogP contribution in [-0.2, 0) is 11.2 Å². The molecule has 2 rings (SSSR count). The molecule has 22 heavy (non-hydrogen) atoms. The van der Waals surface area contributed by atoms with Gasteiger partial charge < -0.3 is 5.32 Å². The summed E-state index contributed by atoms with van der Waals surface area (Å²) in [4.78, 5) is 12.0. The van der Waals surface area contributed by atoms with E-state index in [0.29, 0.717) is 0 Å². The highest BCUT2D eigenvalue weighted by Crippen LogP contribution is 2.14. The standard InChI is InChI=1S/C19H20BrNO/c1-3-15-4-9-17(10-5-15)14(2)21-19(22)13-8-16-6-11-18(20)12-7-16/h4-14H,3H2,1-2H3,(H,21,22)/b13-8-/t14-/m0/s1. The molecule has 0 saturated carbocycles. The summed E-state index contributed by atoms with van der Waals surface area (Å²) in [6.07, 6.45) is 4.41. The van der Waals surface area contributed by atoms with Crippen LogP contribution in [0, 0.1) is 0 Å². The SMILES string of the molecule is CCc1ccc([C@H](C)NC(=O)/C=C\c2ccc(Br)cc2)cc1. The number of hydrogen-bond acceptors (Lipinski definition) is 1. The molecule has 0 aliphatic carbocycles. The minimum atomic E-state index is -0.0880. The van der Waals surface area contributed by atoms with Crippen molar-refractivity contribution in [1.82, 2.24) is 5.32 Å². The van der Waals surface area contributed by atoms with Gasteiger partial charge in [0.2, 0.25) is 5.91 Å². The molecule has 1 atom stereocenters. The van der Waals surface area contributed by atoms with Crippen LogP contribution in [0.3, 0.4) is 0 Å². The first-order valence-corrected chi connectivity index (χ1v) is 8.20. The smallest absolute Gasteiger partial charge is 0.244 e. The van der Waals surface area contributed by atoms with Gasteiger partial charge in [0.15, 0.2) is 0 Å². The fraction of sp³-hybridized carbons (Fsp3) is 0.211. The first-order chi connectivity index (χ1) is 10.6. The van der Waals surface area contributed by atoms with E-state index in [9.17, 15) is 4.79 Å². The van der Waals surface area contributed by atoms with Crippen LogP contribution >= 0.6 is 15.9 Å². The number of carbonyl (C=O) groups is 1. The monoisotopic (exact) mass is 357 g/mol. The highest BCUT2D eigenvalue weighted by Gasteiger charge is 2.07. The zero-order chi connectivity index (χ0) is 15.9. The van der Waals surface area contributed by atoms with Gasteiger partial charge in [-0.05, 0) is 48.2 Å². The Morgan fingerprint density at radius 3 is 2.36 bits per heavy atom. The van der Waals surface area contributed by atoms with E-state index < -0.39 is 0 Å². The topological polar surface area (TPSA) is 29.1 Å². The summed E-state index contributed by atoms with van der Waals surface area (Å²) in [6, 6.07) is 16.2. The first kappa shape index (κ1) is 16.5. The molecule has 0 bridgehead atoms. The molecular formula is C19H20BrNO. The van der Waals surface area contributed by atoms with Crippen molar-refractivity contribution in [3.05, 3.63) is 75.8 Å². The number of amides is 1. The van der Waals surface area contributed by atoms with E-state index in [4.69, 9.17) is 0 Å². The van der Waals surface area contributed by atoms with Crippen LogP contribution in [0.15, 0.2) is 59.1 Å². The van der Waals surface area contributed by atoms with Gasteiger partial charge in [-0.1, -0.05) is 59.3 Å². The number of carbonyl (C=O) groups excluding carboxylic acids is 1. The zero-order valence-corrected chi connectivity index (χ0v) is 14.4. The van der Waals surface area contributed by atoms with E-state index >= 15 is 0 Å². The molecule has 0 radical (unpaired) electrons. The van der Waals surface area contributed by atoms with Gasteiger partial charge in [0, 0.05) is 10.5 Å². The van der Waals surface area contributed by atoms with E-state index in [-0.39, 0.29) is 11.9 Å². The molecule has 0 spiro atoms. The van der Waals surface area contributed by atoms with Crippen molar-refractivity contribution in [2.75, 3.05) is 0 Å². The van der Waals surface area contributed by atoms with Crippen LogP contribution in [0.2, 0.25) is 0 Å². The lowest BCUT2D eigenvalue weighted by Crippen LogP contribution is -2.24. The highest BCUT2D eigenvalue weighted by molar-refractivity contribution is 9.10. The molecule has 0 aromatic heterocycles. The van der Waals surface area contributed by atoms with Gasteiger partial charge >= 0.3 is 0 Å². The third-order valence-corrected chi connectivity index (χ3v) is 4.07.